The number of Topliss-reactive ketones (excluding diaryl/α,β-unsaturated/α-hetero) is 1. The van der Waals surface area contributed by atoms with Crippen LogP contribution in [0.5, 0.6) is 0 Å². The van der Waals surface area contributed by atoms with Gasteiger partial charge in [-0.15, -0.1) is 6.58 Å². The van der Waals surface area contributed by atoms with E-state index in [1.165, 1.54) is 4.68 Å². The number of allylic oxidation sites excluding steroid dienone is 1. The number of hydrogen-bond donors (Lipinski definition) is 1. The zero-order valence-electron chi connectivity index (χ0n) is 15.8. The van der Waals surface area contributed by atoms with Crippen molar-refractivity contribution in [2.24, 2.45) is 0 Å². The fraction of sp³-hybridized carbons (Fsp3) is 0.421. The molecule has 1 N–H and O–H groups in total. The number of aliphatic hydroxyl groups excluding tert-OH is 1. The van der Waals surface area contributed by atoms with E-state index in [2.05, 4.69) is 11.7 Å². The van der Waals surface area contributed by atoms with Gasteiger partial charge in [-0.05, 0) is 30.4 Å². The number of aromatic nitrogens is 3. The molecule has 1 aromatic carbocycles. The Labute approximate surface area is 179 Å². The van der Waals surface area contributed by atoms with Crippen LogP contribution < -0.4 is 0 Å². The first-order valence-electron chi connectivity index (χ1n) is 8.95. The summed E-state index contributed by atoms with van der Waals surface area (Å²) in [4.78, 5) is 11.9. The lowest BCUT2D eigenvalue weighted by atomic mass is 10.1. The molecule has 2 atom stereocenters. The number of halogens is 2. The molecule has 0 spiro atoms. The predicted octanol–water partition coefficient (Wildman–Crippen LogP) is 4.49. The van der Waals surface area contributed by atoms with Crippen LogP contribution in [-0.2, 0) is 16.1 Å². The van der Waals surface area contributed by atoms with Crippen molar-refractivity contribution in [2.45, 2.75) is 39.0 Å². The molecule has 9 heteroatoms. The number of ketones is 1. The molecule has 1 aromatic heterocycles. The SMILES string of the molecule is C=CCn1c(-c2ccc(Cl)cc2Cl)nn(C2CC(=O)COCC2O)c1=S.CC. The Morgan fingerprint density at radius 1 is 1.43 bits per heavy atom. The molecule has 2 unspecified atom stereocenters. The van der Waals surface area contributed by atoms with Crippen molar-refractivity contribution < 1.29 is 14.6 Å². The third kappa shape index (κ3) is 4.90. The minimum absolute atomic E-state index is 0.0237. The van der Waals surface area contributed by atoms with Gasteiger partial charge in [0, 0.05) is 23.6 Å². The number of rotatable bonds is 4. The molecule has 3 rings (SSSR count). The molecule has 0 bridgehead atoms. The molecule has 1 fully saturated rings. The first kappa shape index (κ1) is 22.8. The Hall–Kier alpha value is -1.51. The van der Waals surface area contributed by atoms with E-state index in [-0.39, 0.29) is 25.4 Å². The van der Waals surface area contributed by atoms with Crippen molar-refractivity contribution in [3.05, 3.63) is 45.7 Å². The summed E-state index contributed by atoms with van der Waals surface area (Å²) in [5.74, 6) is 0.402. The number of benzene rings is 1. The number of ether oxygens (including phenoxy) is 1. The summed E-state index contributed by atoms with van der Waals surface area (Å²) < 4.78 is 8.79. The van der Waals surface area contributed by atoms with Crippen molar-refractivity contribution in [2.75, 3.05) is 13.2 Å². The van der Waals surface area contributed by atoms with Gasteiger partial charge in [-0.25, -0.2) is 4.68 Å². The van der Waals surface area contributed by atoms with Gasteiger partial charge in [0.1, 0.15) is 12.7 Å². The van der Waals surface area contributed by atoms with Gasteiger partial charge in [0.25, 0.3) is 0 Å². The number of carbonyl (C=O) groups is 1. The van der Waals surface area contributed by atoms with Crippen LogP contribution in [0.25, 0.3) is 11.4 Å². The number of carbonyl (C=O) groups excluding carboxylic acids is 1. The third-order valence-corrected chi connectivity index (χ3v) is 5.07. The van der Waals surface area contributed by atoms with E-state index in [4.69, 9.17) is 40.2 Å². The van der Waals surface area contributed by atoms with Gasteiger partial charge in [0.05, 0.1) is 17.7 Å². The van der Waals surface area contributed by atoms with Gasteiger partial charge < -0.3 is 9.84 Å². The zero-order chi connectivity index (χ0) is 20.8. The number of hydrogen-bond acceptors (Lipinski definition) is 5. The van der Waals surface area contributed by atoms with Gasteiger partial charge in [-0.3, -0.25) is 9.36 Å². The highest BCUT2D eigenvalue weighted by molar-refractivity contribution is 7.71. The van der Waals surface area contributed by atoms with Gasteiger partial charge in [-0.2, -0.15) is 5.10 Å². The van der Waals surface area contributed by atoms with E-state index >= 15 is 0 Å². The van der Waals surface area contributed by atoms with Gasteiger partial charge in [0.15, 0.2) is 16.4 Å². The second-order valence-electron chi connectivity index (χ2n) is 5.97. The smallest absolute Gasteiger partial charge is 0.198 e. The molecule has 1 aliphatic heterocycles. The molecule has 1 saturated heterocycles. The van der Waals surface area contributed by atoms with Crippen LogP contribution in [0.1, 0.15) is 26.3 Å². The van der Waals surface area contributed by atoms with Crippen LogP contribution in [-0.4, -0.2) is 44.6 Å². The first-order valence-corrected chi connectivity index (χ1v) is 10.1. The quantitative estimate of drug-likeness (QED) is 0.556. The maximum absolute atomic E-state index is 11.9. The van der Waals surface area contributed by atoms with Crippen molar-refractivity contribution >= 4 is 41.2 Å². The van der Waals surface area contributed by atoms with Gasteiger partial charge in [0.2, 0.25) is 0 Å². The lowest BCUT2D eigenvalue weighted by molar-refractivity contribution is -0.122. The number of aliphatic hydroxyl groups is 1. The van der Waals surface area contributed by atoms with E-state index in [0.717, 1.165) is 0 Å². The Morgan fingerprint density at radius 2 is 2.14 bits per heavy atom. The van der Waals surface area contributed by atoms with Crippen molar-refractivity contribution in [3.63, 3.8) is 0 Å². The molecule has 2 heterocycles. The zero-order valence-corrected chi connectivity index (χ0v) is 18.1. The van der Waals surface area contributed by atoms with Crippen LogP contribution >= 0.6 is 35.4 Å². The second kappa shape index (κ2) is 10.3. The maximum Gasteiger partial charge on any atom is 0.198 e. The monoisotopic (exact) mass is 443 g/mol. The Bertz CT molecular complexity index is 910. The molecular weight excluding hydrogens is 421 g/mol. The summed E-state index contributed by atoms with van der Waals surface area (Å²) in [6.07, 6.45) is 0.884. The largest absolute Gasteiger partial charge is 0.388 e. The standard InChI is InChI=1S/C17H17Cl2N3O3S.C2H6/c1-2-5-21-16(12-4-3-10(18)6-13(12)19)20-22(17(21)26)14-7-11(23)8-25-9-15(14)24;1-2/h2-4,6,14-15,24H,1,5,7-9H2;1-2H3. The Kier molecular flexibility index (Phi) is 8.39. The Balaban J connectivity index is 0.00000136. The van der Waals surface area contributed by atoms with Gasteiger partial charge >= 0.3 is 0 Å². The van der Waals surface area contributed by atoms with E-state index < -0.39 is 12.1 Å². The second-order valence-corrected chi connectivity index (χ2v) is 7.18. The van der Waals surface area contributed by atoms with Crippen LogP contribution in [0, 0.1) is 4.77 Å². The van der Waals surface area contributed by atoms with Crippen LogP contribution in [0.2, 0.25) is 10.0 Å². The summed E-state index contributed by atoms with van der Waals surface area (Å²) in [7, 11) is 0. The first-order chi connectivity index (χ1) is 13.4. The van der Waals surface area contributed by atoms with Crippen molar-refractivity contribution in [1.29, 1.82) is 0 Å². The highest BCUT2D eigenvalue weighted by atomic mass is 35.5. The summed E-state index contributed by atoms with van der Waals surface area (Å²) in [5.41, 5.74) is 0.647. The van der Waals surface area contributed by atoms with Crippen molar-refractivity contribution in [3.8, 4) is 11.4 Å². The molecule has 2 aromatic rings. The number of nitrogens with zero attached hydrogens (tertiary/aromatic N) is 3. The minimum atomic E-state index is -0.895. The van der Waals surface area contributed by atoms with E-state index in [0.29, 0.717) is 32.7 Å². The fourth-order valence-electron chi connectivity index (χ4n) is 2.88. The molecular formula is C19H23Cl2N3O3S. The van der Waals surface area contributed by atoms with Crippen LogP contribution in [0.4, 0.5) is 0 Å². The average molecular weight is 444 g/mol. The maximum atomic E-state index is 11.9. The topological polar surface area (TPSA) is 69.3 Å². The summed E-state index contributed by atoms with van der Waals surface area (Å²) in [6, 6.07) is 4.48. The van der Waals surface area contributed by atoms with E-state index in [1.807, 2.05) is 13.8 Å². The minimum Gasteiger partial charge on any atom is -0.388 e. The molecule has 1 aliphatic rings. The summed E-state index contributed by atoms with van der Waals surface area (Å²) in [6.45, 7) is 8.18. The average Bonchev–Trinajstić information content (AvgIpc) is 2.87. The lowest BCUT2D eigenvalue weighted by Gasteiger charge is -2.18. The van der Waals surface area contributed by atoms with Crippen LogP contribution in [0.15, 0.2) is 30.9 Å². The molecule has 0 amide bonds. The molecule has 0 aliphatic carbocycles. The van der Waals surface area contributed by atoms with Crippen LogP contribution in [0.3, 0.4) is 0 Å². The third-order valence-electron chi connectivity index (χ3n) is 4.12. The van der Waals surface area contributed by atoms with Crippen molar-refractivity contribution in [1.82, 2.24) is 14.3 Å². The fourth-order valence-corrected chi connectivity index (χ4v) is 3.71. The molecule has 0 radical (unpaired) electrons. The highest BCUT2D eigenvalue weighted by Gasteiger charge is 2.30. The molecule has 6 nitrogen and oxygen atoms in total. The molecule has 28 heavy (non-hydrogen) atoms. The predicted molar refractivity (Wildman–Crippen MR) is 114 cm³/mol. The van der Waals surface area contributed by atoms with E-state index in [1.54, 1.807) is 28.8 Å². The summed E-state index contributed by atoms with van der Waals surface area (Å²) in [5, 5.41) is 15.9. The van der Waals surface area contributed by atoms with Gasteiger partial charge in [-0.1, -0.05) is 43.1 Å². The lowest BCUT2D eigenvalue weighted by Crippen LogP contribution is -2.28. The van der Waals surface area contributed by atoms with E-state index in [9.17, 15) is 9.90 Å². The molecule has 0 saturated carbocycles. The Morgan fingerprint density at radius 3 is 2.79 bits per heavy atom. The molecule has 152 valence electrons. The highest BCUT2D eigenvalue weighted by Crippen LogP contribution is 2.31. The normalized spacial score (nSPS) is 19.5. The summed E-state index contributed by atoms with van der Waals surface area (Å²) >= 11 is 17.9.